The Balaban J connectivity index is 1.57. The summed E-state index contributed by atoms with van der Waals surface area (Å²) in [6.07, 6.45) is 6.09. The van der Waals surface area contributed by atoms with Crippen molar-refractivity contribution in [1.82, 2.24) is 10.2 Å². The predicted molar refractivity (Wildman–Crippen MR) is 107 cm³/mol. The molecule has 6 unspecified atom stereocenters. The number of ether oxygens (including phenoxy) is 1. The van der Waals surface area contributed by atoms with Crippen molar-refractivity contribution in [2.45, 2.75) is 66.1 Å². The molecule has 3 nitrogen and oxygen atoms in total. The van der Waals surface area contributed by atoms with Gasteiger partial charge in [-0.25, -0.2) is 0 Å². The minimum Gasteiger partial charge on any atom is -0.376 e. The Morgan fingerprint density at radius 3 is 2.32 bits per heavy atom. The van der Waals surface area contributed by atoms with Crippen LogP contribution in [0.25, 0.3) is 0 Å². The van der Waals surface area contributed by atoms with Gasteiger partial charge in [0.15, 0.2) is 0 Å². The first-order chi connectivity index (χ1) is 12.0. The number of alkyl halides is 4. The maximum Gasteiger partial charge on any atom is 0.0744 e. The van der Waals surface area contributed by atoms with Crippen LogP contribution in [0, 0.1) is 11.8 Å². The van der Waals surface area contributed by atoms with Crippen molar-refractivity contribution >= 4 is 46.4 Å². The zero-order chi connectivity index (χ0) is 17.8. The predicted octanol–water partition coefficient (Wildman–Crippen LogP) is 4.26. The summed E-state index contributed by atoms with van der Waals surface area (Å²) >= 11 is 25.8. The summed E-state index contributed by atoms with van der Waals surface area (Å²) in [5, 5.41) is 4.04. The van der Waals surface area contributed by atoms with E-state index >= 15 is 0 Å². The third-order valence-electron chi connectivity index (χ3n) is 5.98. The lowest BCUT2D eigenvalue weighted by atomic mass is 9.83. The highest BCUT2D eigenvalue weighted by molar-refractivity contribution is 6.24. The second-order valence-electron chi connectivity index (χ2n) is 7.88. The van der Waals surface area contributed by atoms with Crippen LogP contribution in [-0.4, -0.2) is 65.4 Å². The normalized spacial score (nSPS) is 41.8. The molecular formula is C18H30Cl4N2O. The molecule has 3 aliphatic rings. The zero-order valence-corrected chi connectivity index (χ0v) is 17.7. The number of nitrogens with one attached hydrogen (secondary N) is 1. The van der Waals surface area contributed by atoms with Crippen molar-refractivity contribution in [3.05, 3.63) is 0 Å². The van der Waals surface area contributed by atoms with Gasteiger partial charge in [-0.15, -0.1) is 46.4 Å². The van der Waals surface area contributed by atoms with E-state index in [-0.39, 0.29) is 27.6 Å². The highest BCUT2D eigenvalue weighted by atomic mass is 35.5. The Morgan fingerprint density at radius 2 is 1.68 bits per heavy atom. The van der Waals surface area contributed by atoms with Gasteiger partial charge in [-0.3, -0.25) is 4.90 Å². The van der Waals surface area contributed by atoms with Crippen molar-refractivity contribution < 1.29 is 4.74 Å². The van der Waals surface area contributed by atoms with E-state index in [1.165, 1.54) is 0 Å². The maximum atomic E-state index is 6.68. The molecule has 3 fully saturated rings. The van der Waals surface area contributed by atoms with E-state index in [9.17, 15) is 0 Å². The van der Waals surface area contributed by atoms with Crippen LogP contribution in [0.4, 0.5) is 0 Å². The molecule has 0 amide bonds. The zero-order valence-electron chi connectivity index (χ0n) is 14.7. The van der Waals surface area contributed by atoms with Crippen LogP contribution in [0.15, 0.2) is 0 Å². The van der Waals surface area contributed by atoms with Crippen molar-refractivity contribution in [1.29, 1.82) is 0 Å². The van der Waals surface area contributed by atoms with Gasteiger partial charge in [0.1, 0.15) is 0 Å². The van der Waals surface area contributed by atoms with Crippen LogP contribution in [0.1, 0.15) is 38.5 Å². The first-order valence-corrected chi connectivity index (χ1v) is 11.4. The summed E-state index contributed by atoms with van der Waals surface area (Å²) in [5.74, 6) is 0.768. The van der Waals surface area contributed by atoms with Crippen molar-refractivity contribution in [2.24, 2.45) is 11.8 Å². The molecule has 0 radical (unpaired) electrons. The van der Waals surface area contributed by atoms with Crippen LogP contribution >= 0.6 is 46.4 Å². The number of nitrogens with zero attached hydrogens (tertiary/aromatic N) is 1. The number of hydrogen-bond donors (Lipinski definition) is 1. The molecule has 1 aliphatic heterocycles. The van der Waals surface area contributed by atoms with E-state index in [0.717, 1.165) is 64.8 Å². The topological polar surface area (TPSA) is 24.5 Å². The Bertz CT molecular complexity index is 411. The number of halogens is 4. The number of rotatable bonds is 6. The SMILES string of the molecule is ClC1CCC(CO[C@@H](CN2CCNC2)C2CCC(Cl)CC2Cl)C(Cl)C1. The average molecular weight is 432 g/mol. The lowest BCUT2D eigenvalue weighted by Gasteiger charge is -2.38. The van der Waals surface area contributed by atoms with E-state index in [2.05, 4.69) is 10.2 Å². The maximum absolute atomic E-state index is 6.68. The molecule has 1 saturated heterocycles. The van der Waals surface area contributed by atoms with Gasteiger partial charge in [-0.05, 0) is 44.4 Å². The van der Waals surface area contributed by atoms with Crippen LogP contribution in [0.2, 0.25) is 0 Å². The second kappa shape index (κ2) is 10.0. The third-order valence-corrected chi connectivity index (χ3v) is 7.81. The molecule has 0 aromatic carbocycles. The first kappa shape index (κ1) is 20.8. The highest BCUT2D eigenvalue weighted by Crippen LogP contribution is 2.37. The molecule has 7 heteroatoms. The fourth-order valence-corrected chi connectivity index (χ4v) is 6.09. The molecule has 7 atom stereocenters. The van der Waals surface area contributed by atoms with Gasteiger partial charge in [-0.2, -0.15) is 0 Å². The standard InChI is InChI=1S/C18H30Cl4N2O/c19-13-2-1-12(16(21)7-13)10-25-18(9-24-6-5-23-11-24)15-4-3-14(20)8-17(15)22/h12-18,23H,1-11H2/t12?,13?,14?,15?,16?,17?,18-/m0/s1. The molecule has 25 heavy (non-hydrogen) atoms. The first-order valence-electron chi connectivity index (χ1n) is 9.64. The molecule has 0 aromatic rings. The molecule has 0 aromatic heterocycles. The van der Waals surface area contributed by atoms with Gasteiger partial charge in [0.25, 0.3) is 0 Å². The van der Waals surface area contributed by atoms with E-state index in [4.69, 9.17) is 51.1 Å². The monoisotopic (exact) mass is 430 g/mol. The minimum atomic E-state index is 0.0992. The van der Waals surface area contributed by atoms with Crippen molar-refractivity contribution in [3.63, 3.8) is 0 Å². The van der Waals surface area contributed by atoms with E-state index < -0.39 is 0 Å². The Labute approximate surface area is 172 Å². The second-order valence-corrected chi connectivity index (χ2v) is 10.2. The average Bonchev–Trinajstić information content (AvgIpc) is 3.06. The molecule has 3 rings (SSSR count). The molecule has 2 saturated carbocycles. The van der Waals surface area contributed by atoms with Gasteiger partial charge in [-0.1, -0.05) is 0 Å². The molecule has 1 N–H and O–H groups in total. The Kier molecular flexibility index (Phi) is 8.31. The van der Waals surface area contributed by atoms with E-state index in [0.29, 0.717) is 18.4 Å². The summed E-state index contributed by atoms with van der Waals surface area (Å²) < 4.78 is 6.47. The summed E-state index contributed by atoms with van der Waals surface area (Å²) in [7, 11) is 0. The van der Waals surface area contributed by atoms with Crippen LogP contribution in [-0.2, 0) is 4.74 Å². The fraction of sp³-hybridized carbons (Fsp3) is 1.00. The highest BCUT2D eigenvalue weighted by Gasteiger charge is 2.37. The largest absolute Gasteiger partial charge is 0.376 e. The van der Waals surface area contributed by atoms with Gasteiger partial charge in [0.2, 0.25) is 0 Å². The summed E-state index contributed by atoms with van der Waals surface area (Å²) in [6.45, 7) is 4.72. The Morgan fingerprint density at radius 1 is 0.960 bits per heavy atom. The van der Waals surface area contributed by atoms with E-state index in [1.54, 1.807) is 0 Å². The molecule has 0 spiro atoms. The lowest BCUT2D eigenvalue weighted by Crippen LogP contribution is -2.44. The molecule has 1 heterocycles. The van der Waals surface area contributed by atoms with Gasteiger partial charge >= 0.3 is 0 Å². The van der Waals surface area contributed by atoms with Gasteiger partial charge < -0.3 is 10.1 Å². The molecule has 0 bridgehead atoms. The molecule has 2 aliphatic carbocycles. The van der Waals surface area contributed by atoms with Gasteiger partial charge in [0, 0.05) is 53.7 Å². The number of hydrogen-bond acceptors (Lipinski definition) is 3. The molecular weight excluding hydrogens is 402 g/mol. The quantitative estimate of drug-likeness (QED) is 0.635. The Hall–Kier alpha value is 1.04. The minimum absolute atomic E-state index is 0.0992. The van der Waals surface area contributed by atoms with Crippen LogP contribution in [0.3, 0.4) is 0 Å². The lowest BCUT2D eigenvalue weighted by molar-refractivity contribution is -0.0345. The molecule has 146 valence electrons. The van der Waals surface area contributed by atoms with Crippen LogP contribution < -0.4 is 5.32 Å². The van der Waals surface area contributed by atoms with Crippen LogP contribution in [0.5, 0.6) is 0 Å². The third kappa shape index (κ3) is 6.01. The van der Waals surface area contributed by atoms with Gasteiger partial charge in [0.05, 0.1) is 12.7 Å². The van der Waals surface area contributed by atoms with E-state index in [1.807, 2.05) is 0 Å². The van der Waals surface area contributed by atoms with Crippen molar-refractivity contribution in [3.8, 4) is 0 Å². The summed E-state index contributed by atoms with van der Waals surface area (Å²) in [4.78, 5) is 2.43. The van der Waals surface area contributed by atoms with Crippen molar-refractivity contribution in [2.75, 3.05) is 32.9 Å². The fourth-order valence-electron chi connectivity index (χ4n) is 4.35. The smallest absolute Gasteiger partial charge is 0.0744 e. The summed E-state index contributed by atoms with van der Waals surface area (Å²) in [5.41, 5.74) is 0. The summed E-state index contributed by atoms with van der Waals surface area (Å²) in [6, 6.07) is 0.